The predicted octanol–water partition coefficient (Wildman–Crippen LogP) is -1.46. The van der Waals surface area contributed by atoms with Crippen molar-refractivity contribution in [3.63, 3.8) is 0 Å². The van der Waals surface area contributed by atoms with Crippen LogP contribution in [-0.4, -0.2) is 17.6 Å². The van der Waals surface area contributed by atoms with Crippen molar-refractivity contribution >= 4 is 17.6 Å². The molecule has 0 atom stereocenters. The van der Waals surface area contributed by atoms with Crippen molar-refractivity contribution < 1.29 is 51.2 Å². The van der Waals surface area contributed by atoms with Gasteiger partial charge >= 0.3 is 17.6 Å². The summed E-state index contributed by atoms with van der Waals surface area (Å²) in [5.41, 5.74) is 0. The molecule has 4 heavy (non-hydrogen) atoms. The van der Waals surface area contributed by atoms with Crippen LogP contribution in [0.5, 0.6) is 0 Å². The van der Waals surface area contributed by atoms with Crippen LogP contribution in [0.2, 0.25) is 0 Å². The minimum atomic E-state index is 0. The zero-order valence-corrected chi connectivity index (χ0v) is 4.68. The van der Waals surface area contributed by atoms with E-state index in [1.54, 1.807) is 0 Å². The van der Waals surface area contributed by atoms with Crippen molar-refractivity contribution in [3.8, 4) is 0 Å². The van der Waals surface area contributed by atoms with Crippen molar-refractivity contribution in [2.75, 3.05) is 0 Å². The molecule has 0 N–H and O–H groups in total. The Bertz CT molecular complexity index is 3.25. The van der Waals surface area contributed by atoms with Gasteiger partial charge < -0.3 is 0 Å². The fraction of sp³-hybridized carbons (Fsp3) is 0. The Hall–Kier alpha value is 2.10. The van der Waals surface area contributed by atoms with Gasteiger partial charge in [-0.3, -0.25) is 0 Å². The molecule has 0 aromatic heterocycles. The van der Waals surface area contributed by atoms with Crippen LogP contribution in [0.1, 0.15) is 0 Å². The van der Waals surface area contributed by atoms with Gasteiger partial charge in [-0.15, -0.1) is 0 Å². The summed E-state index contributed by atoms with van der Waals surface area (Å²) in [6.45, 7) is 0. The fourth-order valence-electron chi connectivity index (χ4n) is 0. The van der Waals surface area contributed by atoms with Gasteiger partial charge in [0.25, 0.3) is 0 Å². The summed E-state index contributed by atoms with van der Waals surface area (Å²) in [7, 11) is 0. The summed E-state index contributed by atoms with van der Waals surface area (Å²) in [6, 6.07) is 0. The molecule has 0 aromatic carbocycles. The summed E-state index contributed by atoms with van der Waals surface area (Å²) in [5.74, 6) is 0. The van der Waals surface area contributed by atoms with E-state index in [4.69, 9.17) is 0 Å². The van der Waals surface area contributed by atoms with Crippen LogP contribution < -0.4 is 0 Å². The van der Waals surface area contributed by atoms with Gasteiger partial charge in [0.1, 0.15) is 0 Å². The second-order valence-corrected chi connectivity index (χ2v) is 0. The molecule has 0 aromatic rings. The Labute approximate surface area is 68.3 Å². The molecule has 0 fully saturated rings. The Kier molecular flexibility index (Phi) is 175. The largest absolute Gasteiger partial charge is 0 e. The molecule has 29 valence electrons. The van der Waals surface area contributed by atoms with Crippen LogP contribution in [-0.2, 0) is 51.2 Å². The molecule has 0 amide bonds. The van der Waals surface area contributed by atoms with E-state index in [9.17, 15) is 0 Å². The molecule has 3 radical (unpaired) electrons. The molecule has 4 heteroatoms. The van der Waals surface area contributed by atoms with Crippen molar-refractivity contribution in [1.82, 2.24) is 0 Å². The molecule has 0 nitrogen and oxygen atoms in total. The van der Waals surface area contributed by atoms with E-state index in [1.807, 2.05) is 0 Å². The van der Waals surface area contributed by atoms with Crippen LogP contribution in [0.3, 0.4) is 0 Å². The van der Waals surface area contributed by atoms with E-state index in [2.05, 4.69) is 0 Å². The van der Waals surface area contributed by atoms with Crippen molar-refractivity contribution in [2.45, 2.75) is 0 Å². The van der Waals surface area contributed by atoms with Crippen LogP contribution in [0.25, 0.3) is 0 Å². The summed E-state index contributed by atoms with van der Waals surface area (Å²) < 4.78 is 0. The van der Waals surface area contributed by atoms with E-state index < -0.39 is 0 Å². The molecular weight excluding hydrogens is 237 g/mol. The third kappa shape index (κ3) is 8.93. The topological polar surface area (TPSA) is 0 Å². The van der Waals surface area contributed by atoms with Gasteiger partial charge in [-0.05, 0) is 0 Å². The molecule has 0 saturated carbocycles. The van der Waals surface area contributed by atoms with Gasteiger partial charge in [-0.2, -0.15) is 0 Å². The molecule has 0 heterocycles. The average Bonchev–Trinajstić information content (AvgIpc) is 0. The maximum Gasteiger partial charge on any atom is 0 e. The van der Waals surface area contributed by atoms with Gasteiger partial charge in [-0.25, -0.2) is 0 Å². The summed E-state index contributed by atoms with van der Waals surface area (Å²) >= 11 is 0. The van der Waals surface area contributed by atoms with E-state index >= 15 is 0 Å². The maximum atomic E-state index is 0. The zero-order valence-electron chi connectivity index (χ0n) is 1.13. The SMILES string of the molecule is [GeH4].[Mn].[Mn].[Mn]. The minimum Gasteiger partial charge on any atom is 0 e. The quantitative estimate of drug-likeness (QED) is 0.455. The Morgan fingerprint density at radius 2 is 0.500 bits per heavy atom. The smallest absolute Gasteiger partial charge is 0 e. The van der Waals surface area contributed by atoms with E-state index in [1.165, 1.54) is 0 Å². The molecule has 0 aliphatic carbocycles. The standard InChI is InChI=1S/GeH4.3Mn/h1H4;;;. The summed E-state index contributed by atoms with van der Waals surface area (Å²) in [6.07, 6.45) is 0. The van der Waals surface area contributed by atoms with Gasteiger partial charge in [0, 0.05) is 51.2 Å². The van der Waals surface area contributed by atoms with Crippen LogP contribution in [0, 0.1) is 0 Å². The first-order valence-electron chi connectivity index (χ1n) is 0. The number of hydrogen-bond acceptors (Lipinski definition) is 0. The van der Waals surface area contributed by atoms with E-state index in [0.717, 1.165) is 0 Å². The first-order valence-corrected chi connectivity index (χ1v) is 0. The van der Waals surface area contributed by atoms with Gasteiger partial charge in [0.05, 0.1) is 0 Å². The van der Waals surface area contributed by atoms with Crippen LogP contribution in [0.15, 0.2) is 0 Å². The molecule has 0 aliphatic rings. The number of rotatable bonds is 0. The molecule has 0 rings (SSSR count). The maximum absolute atomic E-state index is 0. The number of hydrogen-bond donors (Lipinski definition) is 0. The van der Waals surface area contributed by atoms with Crippen molar-refractivity contribution in [2.24, 2.45) is 0 Å². The second kappa shape index (κ2) is 19.4. The van der Waals surface area contributed by atoms with Crippen LogP contribution in [0.4, 0.5) is 0 Å². The van der Waals surface area contributed by atoms with E-state index in [0.29, 0.717) is 0 Å². The van der Waals surface area contributed by atoms with Crippen molar-refractivity contribution in [3.05, 3.63) is 0 Å². The Balaban J connectivity index is 0. The molecule has 0 spiro atoms. The van der Waals surface area contributed by atoms with Gasteiger partial charge in [0.2, 0.25) is 0 Å². The third-order valence-corrected chi connectivity index (χ3v) is 0. The van der Waals surface area contributed by atoms with Gasteiger partial charge in [-0.1, -0.05) is 0 Å². The molecular formula is H4GeMn3. The van der Waals surface area contributed by atoms with Crippen LogP contribution >= 0.6 is 0 Å². The van der Waals surface area contributed by atoms with E-state index in [-0.39, 0.29) is 68.8 Å². The molecule has 0 saturated heterocycles. The second-order valence-electron chi connectivity index (χ2n) is 0. The predicted molar refractivity (Wildman–Crippen MR) is 11.3 cm³/mol. The average molecular weight is 241 g/mol. The summed E-state index contributed by atoms with van der Waals surface area (Å²) in [4.78, 5) is 0. The van der Waals surface area contributed by atoms with Gasteiger partial charge in [0.15, 0.2) is 0 Å². The Morgan fingerprint density at radius 3 is 0.500 bits per heavy atom. The molecule has 0 aliphatic heterocycles. The third-order valence-electron chi connectivity index (χ3n) is 0. The normalized spacial score (nSPS) is 0. The monoisotopic (exact) mass is 243 g/mol. The summed E-state index contributed by atoms with van der Waals surface area (Å²) in [5, 5.41) is 0. The van der Waals surface area contributed by atoms with Crippen molar-refractivity contribution in [1.29, 1.82) is 0 Å². The minimum absolute atomic E-state index is 0. The first-order chi connectivity index (χ1) is 0. The Morgan fingerprint density at radius 1 is 0.500 bits per heavy atom. The zero-order chi connectivity index (χ0) is 0. The first kappa shape index (κ1) is 36.0. The molecule has 0 bridgehead atoms. The molecule has 0 unspecified atom stereocenters. The fourth-order valence-corrected chi connectivity index (χ4v) is 0.